The van der Waals surface area contributed by atoms with Gasteiger partial charge in [0.15, 0.2) is 0 Å². The number of hydrogen-bond acceptors (Lipinski definition) is 4. The lowest BCUT2D eigenvalue weighted by Gasteiger charge is -2.36. The van der Waals surface area contributed by atoms with Crippen LogP contribution in [0.2, 0.25) is 5.02 Å². The zero-order valence-electron chi connectivity index (χ0n) is 20.3. The van der Waals surface area contributed by atoms with Gasteiger partial charge in [0.2, 0.25) is 0 Å². The van der Waals surface area contributed by atoms with E-state index in [1.54, 1.807) is 42.3 Å². The van der Waals surface area contributed by atoms with Crippen molar-refractivity contribution in [3.05, 3.63) is 93.3 Å². The number of carbonyl (C=O) groups excluding carboxylic acids is 2. The lowest BCUT2D eigenvalue weighted by Crippen LogP contribution is -2.48. The molecule has 1 fully saturated rings. The van der Waals surface area contributed by atoms with E-state index in [1.807, 2.05) is 29.2 Å². The van der Waals surface area contributed by atoms with E-state index in [-0.39, 0.29) is 11.8 Å². The Hall–Kier alpha value is -3.43. The molecule has 5 rings (SSSR count). The summed E-state index contributed by atoms with van der Waals surface area (Å²) in [6.07, 6.45) is -2.64. The third-order valence-corrected chi connectivity index (χ3v) is 8.02. The highest BCUT2D eigenvalue weighted by atomic mass is 35.5. The maximum atomic E-state index is 13.3. The van der Waals surface area contributed by atoms with Gasteiger partial charge < -0.3 is 14.7 Å². The quantitative estimate of drug-likeness (QED) is 0.348. The number of anilines is 2. The van der Waals surface area contributed by atoms with Gasteiger partial charge in [0, 0.05) is 54.4 Å². The van der Waals surface area contributed by atoms with Crippen LogP contribution < -0.4 is 9.80 Å². The van der Waals surface area contributed by atoms with Crippen LogP contribution >= 0.6 is 23.4 Å². The molecular weight excluding hydrogens is 535 g/mol. The molecule has 0 saturated carbocycles. The number of fused-ring (bicyclic) bond motifs is 1. The van der Waals surface area contributed by atoms with Crippen LogP contribution in [0.15, 0.2) is 76.5 Å². The Morgan fingerprint density at radius 1 is 0.974 bits per heavy atom. The summed E-state index contributed by atoms with van der Waals surface area (Å²) >= 11 is 7.59. The number of amides is 2. The van der Waals surface area contributed by atoms with Crippen molar-refractivity contribution in [3.8, 4) is 0 Å². The second kappa shape index (κ2) is 10.4. The Bertz CT molecular complexity index is 1430. The van der Waals surface area contributed by atoms with Crippen LogP contribution in [0.4, 0.5) is 24.5 Å². The van der Waals surface area contributed by atoms with Crippen molar-refractivity contribution in [2.45, 2.75) is 11.1 Å². The summed E-state index contributed by atoms with van der Waals surface area (Å²) in [5, 5.41) is 0.552. The van der Waals surface area contributed by atoms with Crippen molar-refractivity contribution in [1.29, 1.82) is 0 Å². The van der Waals surface area contributed by atoms with E-state index in [0.29, 0.717) is 53.0 Å². The zero-order valence-corrected chi connectivity index (χ0v) is 21.9. The molecule has 2 aliphatic heterocycles. The van der Waals surface area contributed by atoms with Crippen molar-refractivity contribution in [2.24, 2.45) is 0 Å². The summed E-state index contributed by atoms with van der Waals surface area (Å²) in [4.78, 5) is 32.8. The summed E-state index contributed by atoms with van der Waals surface area (Å²) in [6.45, 7) is 1.59. The fraction of sp³-hybridized carbons (Fsp3) is 0.214. The predicted octanol–water partition coefficient (Wildman–Crippen LogP) is 6.43. The first-order valence-electron chi connectivity index (χ1n) is 11.9. The van der Waals surface area contributed by atoms with Gasteiger partial charge in [-0.3, -0.25) is 9.59 Å². The molecule has 0 N–H and O–H groups in total. The predicted molar refractivity (Wildman–Crippen MR) is 145 cm³/mol. The van der Waals surface area contributed by atoms with E-state index < -0.39 is 11.7 Å². The van der Waals surface area contributed by atoms with E-state index in [1.165, 1.54) is 22.7 Å². The molecule has 2 aliphatic rings. The number of likely N-dealkylation sites (N-methyl/N-ethyl adjacent to an activating group) is 1. The fourth-order valence-corrected chi connectivity index (χ4v) is 5.76. The molecule has 2 heterocycles. The highest BCUT2D eigenvalue weighted by Gasteiger charge is 2.32. The average molecular weight is 558 g/mol. The number of piperazine rings is 1. The zero-order chi connectivity index (χ0) is 27.0. The molecule has 3 aromatic rings. The van der Waals surface area contributed by atoms with Crippen LogP contribution in [0.5, 0.6) is 0 Å². The minimum atomic E-state index is -4.40. The van der Waals surface area contributed by atoms with Crippen molar-refractivity contribution >= 4 is 52.6 Å². The van der Waals surface area contributed by atoms with E-state index in [0.717, 1.165) is 22.6 Å². The monoisotopic (exact) mass is 557 g/mol. The van der Waals surface area contributed by atoms with Crippen molar-refractivity contribution in [3.63, 3.8) is 0 Å². The molecule has 3 aromatic carbocycles. The first-order valence-corrected chi connectivity index (χ1v) is 13.1. The fourth-order valence-electron chi connectivity index (χ4n) is 4.49. The van der Waals surface area contributed by atoms with E-state index in [2.05, 4.69) is 0 Å². The molecule has 10 heteroatoms. The van der Waals surface area contributed by atoms with E-state index in [9.17, 15) is 22.8 Å². The number of carbonyl (C=O) groups is 2. The van der Waals surface area contributed by atoms with Crippen LogP contribution in [-0.2, 0) is 11.0 Å². The molecule has 38 heavy (non-hydrogen) atoms. The number of nitrogens with zero attached hydrogens (tertiary/aromatic N) is 3. The maximum Gasteiger partial charge on any atom is 0.416 e. The molecule has 0 aromatic heterocycles. The molecule has 0 radical (unpaired) electrons. The Morgan fingerprint density at radius 2 is 1.71 bits per heavy atom. The number of hydrogen-bond donors (Lipinski definition) is 0. The van der Waals surface area contributed by atoms with Gasteiger partial charge in [-0.05, 0) is 54.1 Å². The second-order valence-electron chi connectivity index (χ2n) is 9.01. The van der Waals surface area contributed by atoms with Crippen LogP contribution in [0.25, 0.3) is 6.08 Å². The number of thioether (sulfide) groups is 1. The minimum Gasteiger partial charge on any atom is -0.368 e. The molecular formula is C28H23ClF3N3O2S. The molecule has 5 nitrogen and oxygen atoms in total. The summed E-state index contributed by atoms with van der Waals surface area (Å²) < 4.78 is 39.3. The van der Waals surface area contributed by atoms with Crippen molar-refractivity contribution < 1.29 is 22.8 Å². The highest BCUT2D eigenvalue weighted by molar-refractivity contribution is 8.04. The number of rotatable bonds is 3. The summed E-state index contributed by atoms with van der Waals surface area (Å²) in [7, 11) is 1.67. The average Bonchev–Trinajstić information content (AvgIpc) is 2.92. The number of halogens is 4. The minimum absolute atomic E-state index is 0.181. The lowest BCUT2D eigenvalue weighted by atomic mass is 10.1. The van der Waals surface area contributed by atoms with Crippen LogP contribution in [0.3, 0.4) is 0 Å². The summed E-state index contributed by atoms with van der Waals surface area (Å²) in [5.41, 5.74) is 1.64. The highest BCUT2D eigenvalue weighted by Crippen LogP contribution is 2.42. The molecule has 0 unspecified atom stereocenters. The Morgan fingerprint density at radius 3 is 2.42 bits per heavy atom. The van der Waals surface area contributed by atoms with Crippen molar-refractivity contribution in [2.75, 3.05) is 43.0 Å². The topological polar surface area (TPSA) is 43.9 Å². The molecule has 0 bridgehead atoms. The SMILES string of the molecule is CN1C(=O)/C(=C/c2ccccc2Cl)Sc2ccc(C(=O)N3CCN(c4cccc(C(F)(F)F)c4)CC3)cc21. The van der Waals surface area contributed by atoms with Gasteiger partial charge in [-0.25, -0.2) is 0 Å². The molecule has 0 aliphatic carbocycles. The standard InChI is InChI=1S/C28H23ClF3N3O2S/c1-33-23-15-19(9-10-24(23)38-25(27(33)37)16-18-5-2-3-8-22(18)29)26(36)35-13-11-34(12-14-35)21-7-4-6-20(17-21)28(30,31)32/h2-10,15-17H,11-14H2,1H3/b25-16-. The van der Waals surface area contributed by atoms with Gasteiger partial charge >= 0.3 is 6.18 Å². The Kier molecular flexibility index (Phi) is 7.15. The smallest absolute Gasteiger partial charge is 0.368 e. The largest absolute Gasteiger partial charge is 0.416 e. The Labute approximate surface area is 227 Å². The van der Waals surface area contributed by atoms with Gasteiger partial charge in [0.05, 0.1) is 16.2 Å². The third kappa shape index (κ3) is 5.26. The Balaban J connectivity index is 1.29. The molecule has 2 amide bonds. The molecule has 196 valence electrons. The second-order valence-corrected chi connectivity index (χ2v) is 10.5. The van der Waals surface area contributed by atoms with Crippen LogP contribution in [0, 0.1) is 0 Å². The number of benzene rings is 3. The lowest BCUT2D eigenvalue weighted by molar-refractivity contribution is -0.137. The van der Waals surface area contributed by atoms with Gasteiger partial charge in [-0.1, -0.05) is 47.6 Å². The molecule has 0 atom stereocenters. The maximum absolute atomic E-state index is 13.3. The van der Waals surface area contributed by atoms with Gasteiger partial charge in [0.1, 0.15) is 0 Å². The van der Waals surface area contributed by atoms with Gasteiger partial charge in [-0.2, -0.15) is 13.2 Å². The molecule has 0 spiro atoms. The normalized spacial score (nSPS) is 17.1. The van der Waals surface area contributed by atoms with Gasteiger partial charge in [-0.15, -0.1) is 0 Å². The summed E-state index contributed by atoms with van der Waals surface area (Å²) in [5.74, 6) is -0.374. The van der Waals surface area contributed by atoms with Gasteiger partial charge in [0.25, 0.3) is 11.8 Å². The van der Waals surface area contributed by atoms with Crippen LogP contribution in [-0.4, -0.2) is 49.9 Å². The summed E-state index contributed by atoms with van der Waals surface area (Å²) in [6, 6.07) is 17.8. The van der Waals surface area contributed by atoms with Crippen molar-refractivity contribution in [1.82, 2.24) is 4.90 Å². The number of alkyl halides is 3. The molecule has 1 saturated heterocycles. The first kappa shape index (κ1) is 26.2. The third-order valence-electron chi connectivity index (χ3n) is 6.60. The van der Waals surface area contributed by atoms with E-state index in [4.69, 9.17) is 11.6 Å². The van der Waals surface area contributed by atoms with E-state index >= 15 is 0 Å². The van der Waals surface area contributed by atoms with Crippen LogP contribution in [0.1, 0.15) is 21.5 Å². The first-order chi connectivity index (χ1) is 18.1.